The lowest BCUT2D eigenvalue weighted by molar-refractivity contribution is -0.125. The highest BCUT2D eigenvalue weighted by Crippen LogP contribution is 2.71. The summed E-state index contributed by atoms with van der Waals surface area (Å²) in [5.41, 5.74) is 3.43. The number of allylic oxidation sites excluding steroid dienone is 1. The molecule has 0 radical (unpaired) electrons. The van der Waals surface area contributed by atoms with Crippen molar-refractivity contribution in [2.45, 2.75) is 91.3 Å². The summed E-state index contributed by atoms with van der Waals surface area (Å²) in [4.78, 5) is 0. The van der Waals surface area contributed by atoms with E-state index >= 15 is 0 Å². The highest BCUT2D eigenvalue weighted by Gasteiger charge is 2.64. The van der Waals surface area contributed by atoms with Crippen LogP contribution in [0.2, 0.25) is 0 Å². The van der Waals surface area contributed by atoms with Gasteiger partial charge in [0.1, 0.15) is 0 Å². The van der Waals surface area contributed by atoms with Crippen LogP contribution < -0.4 is 0 Å². The molecule has 3 saturated carbocycles. The number of benzene rings is 2. The Labute approximate surface area is 224 Å². The third-order valence-electron chi connectivity index (χ3n) is 12.2. The van der Waals surface area contributed by atoms with E-state index in [9.17, 15) is 5.11 Å². The van der Waals surface area contributed by atoms with Gasteiger partial charge in [-0.15, -0.1) is 0 Å². The average molecular weight is 499 g/mol. The van der Waals surface area contributed by atoms with Crippen LogP contribution in [0.5, 0.6) is 0 Å². The van der Waals surface area contributed by atoms with Gasteiger partial charge in [0, 0.05) is 5.41 Å². The van der Waals surface area contributed by atoms with Crippen molar-refractivity contribution in [1.82, 2.24) is 0 Å². The number of fused-ring (bicyclic) bond motifs is 5. The van der Waals surface area contributed by atoms with Crippen LogP contribution in [0.25, 0.3) is 0 Å². The number of aliphatic hydroxyl groups excluding tert-OH is 1. The predicted molar refractivity (Wildman–Crippen MR) is 151 cm³/mol. The van der Waals surface area contributed by atoms with E-state index in [1.54, 1.807) is 0 Å². The zero-order valence-electron chi connectivity index (χ0n) is 23.2. The molecule has 3 fully saturated rings. The summed E-state index contributed by atoms with van der Waals surface area (Å²) >= 11 is 0. The number of aliphatic hydroxyl groups is 1. The first kappa shape index (κ1) is 25.2. The van der Waals surface area contributed by atoms with Gasteiger partial charge < -0.3 is 9.84 Å². The van der Waals surface area contributed by atoms with Crippen molar-refractivity contribution in [2.75, 3.05) is 0 Å². The third-order valence-corrected chi connectivity index (χ3v) is 12.2. The minimum absolute atomic E-state index is 0.0220. The van der Waals surface area contributed by atoms with Gasteiger partial charge in [0.2, 0.25) is 0 Å². The Kier molecular flexibility index (Phi) is 6.55. The standard InChI is InChI=1S/C35H46O2/c1-4-35(23-25-11-7-5-8-12-25)20-18-30-29-16-15-27-21-28(37-24-26-13-9-6-10-14-26)22-32(36)34(27,3)31(29)17-19-33(30,35)2/h5-14,22,27-31,36H,4,15-21,23-24H2,1-3H3/t27?,28-,29+,30+,31+,33+,34+,35+/m1/s1. The molecule has 1 N–H and O–H groups in total. The summed E-state index contributed by atoms with van der Waals surface area (Å²) in [6.07, 6.45) is 13.5. The van der Waals surface area contributed by atoms with Crippen LogP contribution in [0.15, 0.2) is 72.5 Å². The summed E-state index contributed by atoms with van der Waals surface area (Å²) in [6.45, 7) is 8.13. The predicted octanol–water partition coefficient (Wildman–Crippen LogP) is 8.92. The Bertz CT molecular complexity index is 1110. The monoisotopic (exact) mass is 498 g/mol. The van der Waals surface area contributed by atoms with E-state index in [1.807, 2.05) is 6.07 Å². The zero-order chi connectivity index (χ0) is 25.7. The molecule has 0 saturated heterocycles. The van der Waals surface area contributed by atoms with Crippen molar-refractivity contribution in [3.05, 3.63) is 83.6 Å². The van der Waals surface area contributed by atoms with E-state index in [1.165, 1.54) is 62.5 Å². The quantitative estimate of drug-likeness (QED) is 0.431. The summed E-state index contributed by atoms with van der Waals surface area (Å²) in [6, 6.07) is 21.7. The fourth-order valence-corrected chi connectivity index (χ4v) is 10.0. The van der Waals surface area contributed by atoms with Crippen molar-refractivity contribution < 1.29 is 9.84 Å². The first-order valence-corrected chi connectivity index (χ1v) is 15.0. The molecule has 2 aromatic rings. The first-order valence-electron chi connectivity index (χ1n) is 15.0. The van der Waals surface area contributed by atoms with Crippen LogP contribution in [0, 0.1) is 39.9 Å². The lowest BCUT2D eigenvalue weighted by atomic mass is 9.43. The minimum atomic E-state index is -0.0895. The second-order valence-electron chi connectivity index (χ2n) is 13.3. The normalized spacial score (nSPS) is 40.8. The third kappa shape index (κ3) is 4.01. The molecule has 6 rings (SSSR count). The second kappa shape index (κ2) is 9.60. The molecule has 0 aromatic heterocycles. The maximum absolute atomic E-state index is 11.6. The number of hydrogen-bond donors (Lipinski definition) is 1. The highest BCUT2D eigenvalue weighted by molar-refractivity contribution is 5.24. The molecule has 0 amide bonds. The second-order valence-corrected chi connectivity index (χ2v) is 13.3. The van der Waals surface area contributed by atoms with Gasteiger partial charge in [0.05, 0.1) is 18.5 Å². The van der Waals surface area contributed by atoms with E-state index < -0.39 is 0 Å². The topological polar surface area (TPSA) is 29.5 Å². The Hall–Kier alpha value is -2.06. The van der Waals surface area contributed by atoms with Crippen molar-refractivity contribution in [1.29, 1.82) is 0 Å². The largest absolute Gasteiger partial charge is 0.512 e. The van der Waals surface area contributed by atoms with Crippen LogP contribution in [0.1, 0.15) is 83.3 Å². The van der Waals surface area contributed by atoms with Gasteiger partial charge in [-0.2, -0.15) is 0 Å². The van der Waals surface area contributed by atoms with Crippen molar-refractivity contribution in [3.63, 3.8) is 0 Å². The molecule has 4 aliphatic carbocycles. The van der Waals surface area contributed by atoms with Crippen LogP contribution >= 0.6 is 0 Å². The molecule has 4 aliphatic rings. The molecule has 2 heteroatoms. The van der Waals surface area contributed by atoms with Crippen LogP contribution in [0.3, 0.4) is 0 Å². The molecule has 2 nitrogen and oxygen atoms in total. The number of hydrogen-bond acceptors (Lipinski definition) is 2. The van der Waals surface area contributed by atoms with E-state index in [4.69, 9.17) is 4.74 Å². The fourth-order valence-electron chi connectivity index (χ4n) is 10.0. The van der Waals surface area contributed by atoms with Gasteiger partial charge in [0.25, 0.3) is 0 Å². The van der Waals surface area contributed by atoms with Gasteiger partial charge in [-0.3, -0.25) is 0 Å². The Morgan fingerprint density at radius 3 is 2.22 bits per heavy atom. The maximum atomic E-state index is 11.6. The van der Waals surface area contributed by atoms with Crippen LogP contribution in [-0.2, 0) is 17.8 Å². The Morgan fingerprint density at radius 2 is 1.51 bits per heavy atom. The molecular formula is C35H46O2. The lowest BCUT2D eigenvalue weighted by Gasteiger charge is -2.61. The number of ether oxygens (including phenoxy) is 1. The molecule has 0 bridgehead atoms. The molecule has 1 unspecified atom stereocenters. The molecule has 0 aliphatic heterocycles. The molecule has 0 heterocycles. The van der Waals surface area contributed by atoms with E-state index in [-0.39, 0.29) is 11.5 Å². The SMILES string of the molecule is CC[C@@]1(Cc2ccccc2)CC[C@H]2[C@@H]3CCC4C[C@@H](OCc5ccccc5)C=C(O)[C@]4(C)[C@H]3CC[C@@]21C. The smallest absolute Gasteiger partial charge is 0.0973 e. The minimum Gasteiger partial charge on any atom is -0.512 e. The first-order chi connectivity index (χ1) is 17.9. The molecule has 0 spiro atoms. The fraction of sp³-hybridized carbons (Fsp3) is 0.600. The highest BCUT2D eigenvalue weighted by atomic mass is 16.5. The summed E-state index contributed by atoms with van der Waals surface area (Å²) in [7, 11) is 0. The summed E-state index contributed by atoms with van der Waals surface area (Å²) in [5, 5.41) is 11.6. The van der Waals surface area contributed by atoms with E-state index in [0.717, 1.165) is 18.3 Å². The molecule has 37 heavy (non-hydrogen) atoms. The Morgan fingerprint density at radius 1 is 0.838 bits per heavy atom. The maximum Gasteiger partial charge on any atom is 0.0973 e. The lowest BCUT2D eigenvalue weighted by Crippen LogP contribution is -2.55. The number of rotatable bonds is 6. The van der Waals surface area contributed by atoms with Crippen molar-refractivity contribution in [2.24, 2.45) is 39.9 Å². The van der Waals surface area contributed by atoms with Crippen molar-refractivity contribution in [3.8, 4) is 0 Å². The molecule has 8 atom stereocenters. The van der Waals surface area contributed by atoms with Gasteiger partial charge in [-0.1, -0.05) is 81.4 Å². The van der Waals surface area contributed by atoms with Gasteiger partial charge in [-0.05, 0) is 109 Å². The zero-order valence-corrected chi connectivity index (χ0v) is 23.2. The summed E-state index contributed by atoms with van der Waals surface area (Å²) < 4.78 is 6.32. The van der Waals surface area contributed by atoms with Crippen LogP contribution in [-0.4, -0.2) is 11.2 Å². The van der Waals surface area contributed by atoms with E-state index in [0.29, 0.717) is 35.0 Å². The van der Waals surface area contributed by atoms with Gasteiger partial charge >= 0.3 is 0 Å². The molecular weight excluding hydrogens is 452 g/mol. The molecule has 198 valence electrons. The van der Waals surface area contributed by atoms with Gasteiger partial charge in [-0.25, -0.2) is 0 Å². The average Bonchev–Trinajstić information content (AvgIpc) is 3.21. The Balaban J connectivity index is 1.22. The van der Waals surface area contributed by atoms with E-state index in [2.05, 4.69) is 81.4 Å². The van der Waals surface area contributed by atoms with Gasteiger partial charge in [0.15, 0.2) is 0 Å². The van der Waals surface area contributed by atoms with Crippen molar-refractivity contribution >= 4 is 0 Å². The van der Waals surface area contributed by atoms with Crippen LogP contribution in [0.4, 0.5) is 0 Å². The summed E-state index contributed by atoms with van der Waals surface area (Å²) in [5.74, 6) is 3.27. The molecule has 2 aromatic carbocycles.